The van der Waals surface area contributed by atoms with Crippen molar-refractivity contribution in [3.8, 4) is 5.75 Å². The number of aromatic nitrogens is 2. The van der Waals surface area contributed by atoms with E-state index in [1.54, 1.807) is 7.05 Å². The summed E-state index contributed by atoms with van der Waals surface area (Å²) in [4.78, 5) is 0.234. The molecule has 9 heteroatoms. The van der Waals surface area contributed by atoms with Crippen molar-refractivity contribution in [2.75, 3.05) is 12.4 Å². The van der Waals surface area contributed by atoms with Gasteiger partial charge in [0.1, 0.15) is 10.6 Å². The van der Waals surface area contributed by atoms with Gasteiger partial charge in [-0.1, -0.05) is 35.3 Å². The van der Waals surface area contributed by atoms with Gasteiger partial charge in [0.25, 0.3) is 0 Å². The molecule has 0 spiro atoms. The number of rotatable bonds is 8. The van der Waals surface area contributed by atoms with Crippen LogP contribution in [0.5, 0.6) is 5.75 Å². The summed E-state index contributed by atoms with van der Waals surface area (Å²) in [7, 11) is -1.67. The first-order valence-electron chi connectivity index (χ1n) is 10.9. The predicted molar refractivity (Wildman–Crippen MR) is 131 cm³/mol. The van der Waals surface area contributed by atoms with Crippen molar-refractivity contribution in [2.24, 2.45) is 12.8 Å². The van der Waals surface area contributed by atoms with E-state index in [1.165, 1.54) is 28.2 Å². The first-order chi connectivity index (χ1) is 15.7. The van der Waals surface area contributed by atoms with Gasteiger partial charge in [-0.15, -0.1) is 0 Å². The second kappa shape index (κ2) is 10.1. The molecule has 33 heavy (non-hydrogen) atoms. The number of benzene rings is 2. The van der Waals surface area contributed by atoms with E-state index in [2.05, 4.69) is 11.2 Å². The van der Waals surface area contributed by atoms with E-state index in [1.807, 2.05) is 30.3 Å². The molecule has 0 radical (unpaired) electrons. The molecule has 0 amide bonds. The smallest absolute Gasteiger partial charge is 0.181 e. The number of hydrogen-bond donors (Lipinski definition) is 1. The number of nitrogens with zero attached hydrogens (tertiary/aromatic N) is 2. The average Bonchev–Trinajstić information content (AvgIpc) is 3.23. The first kappa shape index (κ1) is 24.1. The normalized spacial score (nSPS) is 18.2. The van der Waals surface area contributed by atoms with Gasteiger partial charge in [0.15, 0.2) is 9.84 Å². The molecule has 6 nitrogen and oxygen atoms in total. The summed E-state index contributed by atoms with van der Waals surface area (Å²) in [5, 5.41) is 5.01. The molecule has 0 saturated heterocycles. The third-order valence-corrected chi connectivity index (χ3v) is 8.58. The van der Waals surface area contributed by atoms with Crippen LogP contribution in [0.1, 0.15) is 35.4 Å². The van der Waals surface area contributed by atoms with Crippen molar-refractivity contribution in [2.45, 2.75) is 42.5 Å². The number of nitrogens with two attached hydrogens (primary N) is 1. The molecule has 4 rings (SSSR count). The Balaban J connectivity index is 1.42. The fourth-order valence-corrected chi connectivity index (χ4v) is 5.86. The summed E-state index contributed by atoms with van der Waals surface area (Å²) in [6.45, 7) is 0.307. The van der Waals surface area contributed by atoms with Crippen LogP contribution in [0.2, 0.25) is 10.0 Å². The maximum Gasteiger partial charge on any atom is 0.181 e. The number of fused-ring (bicyclic) bond motifs is 1. The Labute approximate surface area is 204 Å². The number of ether oxygens (including phenoxy) is 1. The second-order valence-corrected chi connectivity index (χ2v) is 11.4. The lowest BCUT2D eigenvalue weighted by atomic mass is 9.76. The van der Waals surface area contributed by atoms with E-state index in [0.29, 0.717) is 23.1 Å². The molecule has 1 aromatic heterocycles. The van der Waals surface area contributed by atoms with E-state index >= 15 is 0 Å². The van der Waals surface area contributed by atoms with Crippen molar-refractivity contribution in [1.82, 2.24) is 9.78 Å². The van der Waals surface area contributed by atoms with E-state index in [4.69, 9.17) is 33.7 Å². The molecule has 1 heterocycles. The average molecular weight is 508 g/mol. The maximum absolute atomic E-state index is 12.4. The number of halogens is 2. The summed E-state index contributed by atoms with van der Waals surface area (Å²) in [6, 6.07) is 11.8. The molecule has 1 aliphatic carbocycles. The highest BCUT2D eigenvalue weighted by atomic mass is 35.5. The van der Waals surface area contributed by atoms with Crippen LogP contribution in [-0.2, 0) is 29.7 Å². The highest BCUT2D eigenvalue weighted by molar-refractivity contribution is 7.91. The quantitative estimate of drug-likeness (QED) is 0.451. The molecule has 176 valence electrons. The molecule has 2 unspecified atom stereocenters. The molecule has 0 saturated carbocycles. The minimum Gasteiger partial charge on any atom is -0.494 e. The zero-order chi connectivity index (χ0) is 23.6. The predicted octanol–water partition coefficient (Wildman–Crippen LogP) is 4.57. The SMILES string of the molecule is Cn1cc(S(=O)(=O)CCCOc2ccc3c(c2)C(Cc2ccc(Cl)c(Cl)c2)C(N)CC3)cn1. The van der Waals surface area contributed by atoms with Crippen LogP contribution in [0.25, 0.3) is 0 Å². The Morgan fingerprint density at radius 3 is 2.73 bits per heavy atom. The largest absolute Gasteiger partial charge is 0.494 e. The summed E-state index contributed by atoms with van der Waals surface area (Å²) in [6.07, 6.45) is 5.88. The van der Waals surface area contributed by atoms with Gasteiger partial charge in [0, 0.05) is 25.2 Å². The third kappa shape index (κ3) is 5.72. The molecule has 2 atom stereocenters. The van der Waals surface area contributed by atoms with Crippen molar-refractivity contribution < 1.29 is 13.2 Å². The molecule has 0 aliphatic heterocycles. The van der Waals surface area contributed by atoms with Gasteiger partial charge >= 0.3 is 0 Å². The Morgan fingerprint density at radius 1 is 1.18 bits per heavy atom. The van der Waals surface area contributed by atoms with Gasteiger partial charge in [-0.2, -0.15) is 5.10 Å². The van der Waals surface area contributed by atoms with E-state index < -0.39 is 9.84 Å². The van der Waals surface area contributed by atoms with Gasteiger partial charge in [-0.3, -0.25) is 4.68 Å². The zero-order valence-electron chi connectivity index (χ0n) is 18.4. The summed E-state index contributed by atoms with van der Waals surface area (Å²) < 4.78 is 32.2. The minimum atomic E-state index is -3.37. The van der Waals surface area contributed by atoms with Crippen LogP contribution in [0.3, 0.4) is 0 Å². The van der Waals surface area contributed by atoms with Gasteiger partial charge in [0.05, 0.1) is 28.6 Å². The highest BCUT2D eigenvalue weighted by Gasteiger charge is 2.28. The summed E-state index contributed by atoms with van der Waals surface area (Å²) >= 11 is 12.3. The monoisotopic (exact) mass is 507 g/mol. The number of aryl methyl sites for hydroxylation is 2. The summed E-state index contributed by atoms with van der Waals surface area (Å²) in [5.74, 6) is 0.871. The minimum absolute atomic E-state index is 0.00839. The van der Waals surface area contributed by atoms with Crippen LogP contribution in [0.4, 0.5) is 0 Å². The number of sulfone groups is 1. The van der Waals surface area contributed by atoms with Gasteiger partial charge in [0.2, 0.25) is 0 Å². The molecule has 0 fully saturated rings. The maximum atomic E-state index is 12.4. The van der Waals surface area contributed by atoms with Gasteiger partial charge in [-0.25, -0.2) is 8.42 Å². The van der Waals surface area contributed by atoms with Gasteiger partial charge < -0.3 is 10.5 Å². The highest BCUT2D eigenvalue weighted by Crippen LogP contribution is 2.36. The Kier molecular flexibility index (Phi) is 7.34. The van der Waals surface area contributed by atoms with Crippen LogP contribution in [-0.4, -0.2) is 36.6 Å². The first-order valence-corrected chi connectivity index (χ1v) is 13.3. The van der Waals surface area contributed by atoms with Crippen LogP contribution >= 0.6 is 23.2 Å². The molecule has 0 bridgehead atoms. The lowest BCUT2D eigenvalue weighted by molar-refractivity contribution is 0.316. The second-order valence-electron chi connectivity index (χ2n) is 8.49. The lowest BCUT2D eigenvalue weighted by Crippen LogP contribution is -2.34. The van der Waals surface area contributed by atoms with E-state index in [-0.39, 0.29) is 22.6 Å². The molecular weight excluding hydrogens is 481 g/mol. The number of hydrogen-bond acceptors (Lipinski definition) is 5. The molecule has 2 aromatic carbocycles. The van der Waals surface area contributed by atoms with Crippen LogP contribution < -0.4 is 10.5 Å². The van der Waals surface area contributed by atoms with Crippen molar-refractivity contribution in [1.29, 1.82) is 0 Å². The fraction of sp³-hybridized carbons (Fsp3) is 0.375. The molecule has 3 aromatic rings. The molecule has 1 aliphatic rings. The van der Waals surface area contributed by atoms with Crippen molar-refractivity contribution in [3.63, 3.8) is 0 Å². The van der Waals surface area contributed by atoms with Crippen molar-refractivity contribution >= 4 is 33.0 Å². The Bertz CT molecular complexity index is 1240. The Hall–Kier alpha value is -2.06. The van der Waals surface area contributed by atoms with Crippen LogP contribution in [0.15, 0.2) is 53.7 Å². The standard InChI is InChI=1S/C24H27Cl2N3O3S/c1-29-15-19(14-28-29)33(30,31)10-2-9-32-18-6-4-17-5-8-24(27)21(20(17)13-18)11-16-3-7-22(25)23(26)12-16/h3-4,6-7,12-15,21,24H,2,5,8-11,27H2,1H3. The lowest BCUT2D eigenvalue weighted by Gasteiger charge is -2.32. The summed E-state index contributed by atoms with van der Waals surface area (Å²) in [5.41, 5.74) is 10.1. The Morgan fingerprint density at radius 2 is 2.00 bits per heavy atom. The topological polar surface area (TPSA) is 87.2 Å². The zero-order valence-corrected chi connectivity index (χ0v) is 20.7. The molecular formula is C24H27Cl2N3O3S. The van der Waals surface area contributed by atoms with Crippen LogP contribution in [0, 0.1) is 0 Å². The fourth-order valence-electron chi connectivity index (χ4n) is 4.29. The van der Waals surface area contributed by atoms with E-state index in [0.717, 1.165) is 30.6 Å². The van der Waals surface area contributed by atoms with E-state index in [9.17, 15) is 8.42 Å². The van der Waals surface area contributed by atoms with Gasteiger partial charge in [-0.05, 0) is 66.6 Å². The third-order valence-electron chi connectivity index (χ3n) is 6.09. The molecule has 2 N–H and O–H groups in total. The van der Waals surface area contributed by atoms with Crippen molar-refractivity contribution in [3.05, 3.63) is 75.5 Å².